The largest absolute Gasteiger partial charge is 0.329 e. The summed E-state index contributed by atoms with van der Waals surface area (Å²) in [4.78, 5) is 6.51. The van der Waals surface area contributed by atoms with E-state index in [1.165, 1.54) is 31.5 Å². The van der Waals surface area contributed by atoms with Crippen LogP contribution in [0.5, 0.6) is 0 Å². The van der Waals surface area contributed by atoms with Gasteiger partial charge in [-0.1, -0.05) is 0 Å². The Balaban J connectivity index is 1.55. The first-order chi connectivity index (χ1) is 9.38. The van der Waals surface area contributed by atoms with Gasteiger partial charge in [-0.25, -0.2) is 0 Å². The molecule has 0 amide bonds. The summed E-state index contributed by atoms with van der Waals surface area (Å²) < 4.78 is 0. The predicted octanol–water partition coefficient (Wildman–Crippen LogP) is 0.884. The minimum Gasteiger partial charge on any atom is -0.329 e. The number of hydrogen-bond donors (Lipinski definition) is 2. The molecule has 0 atom stereocenters. The van der Waals surface area contributed by atoms with Crippen LogP contribution in [0, 0.1) is 5.92 Å². The lowest BCUT2D eigenvalue weighted by Gasteiger charge is -2.31. The number of rotatable bonds is 7. The summed E-state index contributed by atoms with van der Waals surface area (Å²) in [6, 6.07) is 4.18. The third-order valence-electron chi connectivity index (χ3n) is 3.93. The van der Waals surface area contributed by atoms with Crippen LogP contribution in [0.1, 0.15) is 18.4 Å². The van der Waals surface area contributed by atoms with E-state index in [1.807, 2.05) is 12.4 Å². The van der Waals surface area contributed by atoms with E-state index in [4.69, 9.17) is 5.73 Å². The van der Waals surface area contributed by atoms with Crippen LogP contribution in [0.4, 0.5) is 0 Å². The fourth-order valence-electron chi connectivity index (χ4n) is 2.69. The Morgan fingerprint density at radius 3 is 2.68 bits per heavy atom. The van der Waals surface area contributed by atoms with Gasteiger partial charge in [-0.2, -0.15) is 0 Å². The number of pyridine rings is 1. The number of hydrogen-bond acceptors (Lipinski definition) is 4. The molecular formula is C15H26N4. The monoisotopic (exact) mass is 262 g/mol. The lowest BCUT2D eigenvalue weighted by Crippen LogP contribution is -2.39. The number of nitrogens with zero attached hydrogens (tertiary/aromatic N) is 2. The van der Waals surface area contributed by atoms with Crippen LogP contribution < -0.4 is 11.1 Å². The molecule has 4 heteroatoms. The SMILES string of the molecule is NCCN1CCC(CNCCc2ccncc2)CC1. The van der Waals surface area contributed by atoms with Crippen LogP contribution in [0.25, 0.3) is 0 Å². The topological polar surface area (TPSA) is 54.2 Å². The van der Waals surface area contributed by atoms with E-state index in [0.29, 0.717) is 0 Å². The lowest BCUT2D eigenvalue weighted by molar-refractivity contribution is 0.187. The zero-order valence-corrected chi connectivity index (χ0v) is 11.7. The van der Waals surface area contributed by atoms with Crippen molar-refractivity contribution in [3.63, 3.8) is 0 Å². The van der Waals surface area contributed by atoms with Crippen molar-refractivity contribution in [2.24, 2.45) is 11.7 Å². The molecule has 1 fully saturated rings. The average molecular weight is 262 g/mol. The second-order valence-electron chi connectivity index (χ2n) is 5.38. The quantitative estimate of drug-likeness (QED) is 0.717. The Morgan fingerprint density at radius 1 is 1.26 bits per heavy atom. The average Bonchev–Trinajstić information content (AvgIpc) is 2.47. The van der Waals surface area contributed by atoms with Gasteiger partial charge in [0.1, 0.15) is 0 Å². The molecule has 3 N–H and O–H groups in total. The van der Waals surface area contributed by atoms with E-state index in [0.717, 1.165) is 38.5 Å². The molecule has 1 aliphatic rings. The summed E-state index contributed by atoms with van der Waals surface area (Å²) in [5.41, 5.74) is 6.95. The standard InChI is InChI=1S/C15H26N4/c16-6-12-19-10-4-15(5-11-19)13-18-9-3-14-1-7-17-8-2-14/h1-2,7-8,15,18H,3-6,9-13,16H2. The van der Waals surface area contributed by atoms with Gasteiger partial charge in [-0.3, -0.25) is 4.98 Å². The summed E-state index contributed by atoms with van der Waals surface area (Å²) in [7, 11) is 0. The molecule has 0 unspecified atom stereocenters. The van der Waals surface area contributed by atoms with Crippen molar-refractivity contribution in [2.75, 3.05) is 39.3 Å². The Kier molecular flexibility index (Phi) is 6.27. The van der Waals surface area contributed by atoms with Crippen molar-refractivity contribution in [3.05, 3.63) is 30.1 Å². The highest BCUT2D eigenvalue weighted by Crippen LogP contribution is 2.15. The second-order valence-corrected chi connectivity index (χ2v) is 5.38. The molecule has 1 aromatic heterocycles. The summed E-state index contributed by atoms with van der Waals surface area (Å²) in [6.07, 6.45) is 7.43. The van der Waals surface area contributed by atoms with Gasteiger partial charge < -0.3 is 16.0 Å². The minimum absolute atomic E-state index is 0.787. The summed E-state index contributed by atoms with van der Waals surface area (Å²) >= 11 is 0. The molecule has 0 bridgehead atoms. The fraction of sp³-hybridized carbons (Fsp3) is 0.667. The molecule has 1 saturated heterocycles. The van der Waals surface area contributed by atoms with E-state index in [-0.39, 0.29) is 0 Å². The molecule has 2 heterocycles. The maximum absolute atomic E-state index is 5.59. The molecular weight excluding hydrogens is 236 g/mol. The highest BCUT2D eigenvalue weighted by Gasteiger charge is 2.17. The summed E-state index contributed by atoms with van der Waals surface area (Å²) in [5.74, 6) is 0.839. The summed E-state index contributed by atoms with van der Waals surface area (Å²) in [5, 5.41) is 3.59. The second kappa shape index (κ2) is 8.25. The van der Waals surface area contributed by atoms with E-state index >= 15 is 0 Å². The fourth-order valence-corrected chi connectivity index (χ4v) is 2.69. The molecule has 1 aliphatic heterocycles. The molecule has 4 nitrogen and oxygen atoms in total. The summed E-state index contributed by atoms with van der Waals surface area (Å²) in [6.45, 7) is 6.49. The normalized spacial score (nSPS) is 17.7. The van der Waals surface area contributed by atoms with E-state index in [1.54, 1.807) is 0 Å². The zero-order chi connectivity index (χ0) is 13.3. The van der Waals surface area contributed by atoms with Crippen molar-refractivity contribution in [1.29, 1.82) is 0 Å². The number of nitrogens with one attached hydrogen (secondary N) is 1. The van der Waals surface area contributed by atoms with Gasteiger partial charge in [0, 0.05) is 25.5 Å². The molecule has 0 aliphatic carbocycles. The Hall–Kier alpha value is -0.970. The smallest absolute Gasteiger partial charge is 0.0270 e. The van der Waals surface area contributed by atoms with Gasteiger partial charge in [0.25, 0.3) is 0 Å². The number of nitrogens with two attached hydrogens (primary N) is 1. The van der Waals surface area contributed by atoms with Gasteiger partial charge in [0.05, 0.1) is 0 Å². The van der Waals surface area contributed by atoms with Crippen LogP contribution in [-0.4, -0.2) is 49.2 Å². The molecule has 0 spiro atoms. The first kappa shape index (κ1) is 14.4. The van der Waals surface area contributed by atoms with Crippen LogP contribution in [0.15, 0.2) is 24.5 Å². The highest BCUT2D eigenvalue weighted by molar-refractivity contribution is 5.09. The molecule has 0 saturated carbocycles. The van der Waals surface area contributed by atoms with Gasteiger partial charge >= 0.3 is 0 Å². The minimum atomic E-state index is 0.787. The maximum Gasteiger partial charge on any atom is 0.0270 e. The van der Waals surface area contributed by atoms with Crippen LogP contribution in [0.3, 0.4) is 0 Å². The van der Waals surface area contributed by atoms with Gasteiger partial charge in [0.2, 0.25) is 0 Å². The van der Waals surface area contributed by atoms with Crippen molar-refractivity contribution < 1.29 is 0 Å². The van der Waals surface area contributed by atoms with E-state index in [2.05, 4.69) is 27.3 Å². The Labute approximate surface area is 116 Å². The molecule has 2 rings (SSSR count). The lowest BCUT2D eigenvalue weighted by atomic mass is 9.97. The Morgan fingerprint density at radius 2 is 2.00 bits per heavy atom. The predicted molar refractivity (Wildman–Crippen MR) is 79.0 cm³/mol. The number of likely N-dealkylation sites (tertiary alicyclic amines) is 1. The maximum atomic E-state index is 5.59. The molecule has 106 valence electrons. The first-order valence-corrected chi connectivity index (χ1v) is 7.40. The molecule has 19 heavy (non-hydrogen) atoms. The zero-order valence-electron chi connectivity index (χ0n) is 11.7. The van der Waals surface area contributed by atoms with Crippen LogP contribution in [-0.2, 0) is 6.42 Å². The molecule has 1 aromatic rings. The Bertz CT molecular complexity index is 333. The van der Waals surface area contributed by atoms with Crippen LogP contribution in [0.2, 0.25) is 0 Å². The van der Waals surface area contributed by atoms with Crippen molar-refractivity contribution in [3.8, 4) is 0 Å². The van der Waals surface area contributed by atoms with Crippen molar-refractivity contribution in [1.82, 2.24) is 15.2 Å². The third kappa shape index (κ3) is 5.27. The van der Waals surface area contributed by atoms with Gasteiger partial charge in [-0.15, -0.1) is 0 Å². The molecule has 0 aromatic carbocycles. The van der Waals surface area contributed by atoms with Crippen molar-refractivity contribution in [2.45, 2.75) is 19.3 Å². The van der Waals surface area contributed by atoms with Crippen LogP contribution >= 0.6 is 0 Å². The number of piperidine rings is 1. The van der Waals surface area contributed by atoms with Gasteiger partial charge in [0.15, 0.2) is 0 Å². The van der Waals surface area contributed by atoms with E-state index in [9.17, 15) is 0 Å². The highest BCUT2D eigenvalue weighted by atomic mass is 15.1. The third-order valence-corrected chi connectivity index (χ3v) is 3.93. The van der Waals surface area contributed by atoms with Gasteiger partial charge in [-0.05, 0) is 69.1 Å². The van der Waals surface area contributed by atoms with E-state index < -0.39 is 0 Å². The number of aromatic nitrogens is 1. The first-order valence-electron chi connectivity index (χ1n) is 7.40. The molecule has 0 radical (unpaired) electrons. The van der Waals surface area contributed by atoms with Crippen molar-refractivity contribution >= 4 is 0 Å².